The van der Waals surface area contributed by atoms with Crippen molar-refractivity contribution >= 4 is 17.4 Å². The zero-order valence-corrected chi connectivity index (χ0v) is 14.8. The third-order valence-corrected chi connectivity index (χ3v) is 5.10. The lowest BCUT2D eigenvalue weighted by Gasteiger charge is -2.19. The summed E-state index contributed by atoms with van der Waals surface area (Å²) < 4.78 is 10.9. The van der Waals surface area contributed by atoms with Crippen LogP contribution in [-0.4, -0.2) is 38.2 Å². The maximum Gasteiger partial charge on any atom is 0.317 e. The van der Waals surface area contributed by atoms with Gasteiger partial charge in [0.05, 0.1) is 14.2 Å². The Morgan fingerprint density at radius 1 is 1.33 bits per heavy atom. The van der Waals surface area contributed by atoms with Crippen molar-refractivity contribution in [2.45, 2.75) is 18.9 Å². The minimum atomic E-state index is -0.00874. The Morgan fingerprint density at radius 2 is 2.21 bits per heavy atom. The smallest absolute Gasteiger partial charge is 0.317 e. The maximum absolute atomic E-state index is 12.4. The number of carbonyl (C=O) groups is 1. The van der Waals surface area contributed by atoms with E-state index in [2.05, 4.69) is 11.4 Å². The van der Waals surface area contributed by atoms with Gasteiger partial charge in [0.2, 0.25) is 0 Å². The molecule has 2 amide bonds. The number of hydrogen-bond acceptors (Lipinski definition) is 4. The molecule has 2 aromatic rings. The van der Waals surface area contributed by atoms with Gasteiger partial charge in [0.25, 0.3) is 0 Å². The van der Waals surface area contributed by atoms with Crippen LogP contribution in [-0.2, 0) is 6.54 Å². The molecule has 0 spiro atoms. The van der Waals surface area contributed by atoms with E-state index in [0.29, 0.717) is 13.1 Å². The van der Waals surface area contributed by atoms with Crippen LogP contribution in [0.4, 0.5) is 4.79 Å². The SMILES string of the molecule is COc1cccc(C2CCN(C(=O)NCc3ccsc3)C2)c1OC. The molecule has 24 heavy (non-hydrogen) atoms. The van der Waals surface area contributed by atoms with Crippen molar-refractivity contribution in [2.24, 2.45) is 0 Å². The summed E-state index contributed by atoms with van der Waals surface area (Å²) in [6, 6.07) is 7.93. The third-order valence-electron chi connectivity index (χ3n) is 4.37. The highest BCUT2D eigenvalue weighted by Gasteiger charge is 2.29. The minimum absolute atomic E-state index is 0.00874. The Labute approximate surface area is 146 Å². The molecule has 1 aromatic carbocycles. The topological polar surface area (TPSA) is 50.8 Å². The van der Waals surface area contributed by atoms with E-state index in [-0.39, 0.29) is 11.9 Å². The van der Waals surface area contributed by atoms with Crippen LogP contribution < -0.4 is 14.8 Å². The molecule has 2 heterocycles. The van der Waals surface area contributed by atoms with E-state index in [1.807, 2.05) is 33.9 Å². The van der Waals surface area contributed by atoms with E-state index in [1.54, 1.807) is 25.6 Å². The van der Waals surface area contributed by atoms with E-state index in [9.17, 15) is 4.79 Å². The van der Waals surface area contributed by atoms with Gasteiger partial charge in [-0.05, 0) is 34.9 Å². The number of benzene rings is 1. The van der Waals surface area contributed by atoms with Crippen LogP contribution in [0.5, 0.6) is 11.5 Å². The molecule has 1 aromatic heterocycles. The molecule has 1 unspecified atom stereocenters. The molecule has 1 saturated heterocycles. The standard InChI is InChI=1S/C18H22N2O3S/c1-22-16-5-3-4-15(17(16)23-2)14-6-8-20(11-14)18(21)19-10-13-7-9-24-12-13/h3-5,7,9,12,14H,6,8,10-11H2,1-2H3,(H,19,21). The van der Waals surface area contributed by atoms with Crippen molar-refractivity contribution in [3.05, 3.63) is 46.2 Å². The van der Waals surface area contributed by atoms with Crippen LogP contribution in [0.2, 0.25) is 0 Å². The number of methoxy groups -OCH3 is 2. The minimum Gasteiger partial charge on any atom is -0.493 e. The van der Waals surface area contributed by atoms with Gasteiger partial charge in [0.15, 0.2) is 11.5 Å². The van der Waals surface area contributed by atoms with Crippen LogP contribution in [0.25, 0.3) is 0 Å². The van der Waals surface area contributed by atoms with Crippen molar-refractivity contribution in [2.75, 3.05) is 27.3 Å². The number of ether oxygens (including phenoxy) is 2. The number of hydrogen-bond donors (Lipinski definition) is 1. The second-order valence-corrected chi connectivity index (χ2v) is 6.58. The second-order valence-electron chi connectivity index (χ2n) is 5.80. The third kappa shape index (κ3) is 3.48. The fourth-order valence-electron chi connectivity index (χ4n) is 3.11. The number of nitrogens with one attached hydrogen (secondary N) is 1. The first kappa shape index (κ1) is 16.6. The van der Waals surface area contributed by atoms with Crippen LogP contribution in [0, 0.1) is 0 Å². The number of urea groups is 1. The van der Waals surface area contributed by atoms with E-state index in [1.165, 1.54) is 0 Å². The lowest BCUT2D eigenvalue weighted by molar-refractivity contribution is 0.207. The Bertz CT molecular complexity index is 688. The summed E-state index contributed by atoms with van der Waals surface area (Å²) in [7, 11) is 3.29. The molecule has 0 radical (unpaired) electrons. The molecule has 0 aliphatic carbocycles. The van der Waals surface area contributed by atoms with E-state index in [0.717, 1.165) is 35.6 Å². The summed E-state index contributed by atoms with van der Waals surface area (Å²) in [6.07, 6.45) is 0.926. The van der Waals surface area contributed by atoms with Crippen LogP contribution in [0.1, 0.15) is 23.5 Å². The summed E-state index contributed by atoms with van der Waals surface area (Å²) in [5.74, 6) is 1.77. The molecule has 1 atom stereocenters. The predicted octanol–water partition coefficient (Wildman–Crippen LogP) is 3.46. The number of rotatable bonds is 5. The van der Waals surface area contributed by atoms with E-state index >= 15 is 0 Å². The first-order chi connectivity index (χ1) is 11.7. The lowest BCUT2D eigenvalue weighted by atomic mass is 9.97. The van der Waals surface area contributed by atoms with Crippen molar-refractivity contribution in [1.82, 2.24) is 10.2 Å². The van der Waals surface area contributed by atoms with Crippen molar-refractivity contribution < 1.29 is 14.3 Å². The fraction of sp³-hybridized carbons (Fsp3) is 0.389. The lowest BCUT2D eigenvalue weighted by Crippen LogP contribution is -2.37. The zero-order valence-electron chi connectivity index (χ0n) is 14.0. The summed E-state index contributed by atoms with van der Waals surface area (Å²) in [5.41, 5.74) is 2.24. The number of amides is 2. The van der Waals surface area contributed by atoms with Crippen molar-refractivity contribution in [3.8, 4) is 11.5 Å². The Hall–Kier alpha value is -2.21. The average molecular weight is 346 g/mol. The normalized spacial score (nSPS) is 16.9. The monoisotopic (exact) mass is 346 g/mol. The largest absolute Gasteiger partial charge is 0.493 e. The first-order valence-electron chi connectivity index (χ1n) is 7.97. The van der Waals surface area contributed by atoms with Gasteiger partial charge in [-0.3, -0.25) is 0 Å². The summed E-state index contributed by atoms with van der Waals surface area (Å²) in [4.78, 5) is 14.2. The van der Waals surface area contributed by atoms with Gasteiger partial charge in [0.1, 0.15) is 0 Å². The van der Waals surface area contributed by atoms with E-state index in [4.69, 9.17) is 9.47 Å². The van der Waals surface area contributed by atoms with Gasteiger partial charge in [0, 0.05) is 31.1 Å². The van der Waals surface area contributed by atoms with Crippen molar-refractivity contribution in [3.63, 3.8) is 0 Å². The summed E-state index contributed by atoms with van der Waals surface area (Å²) >= 11 is 1.64. The highest BCUT2D eigenvalue weighted by molar-refractivity contribution is 7.07. The highest BCUT2D eigenvalue weighted by atomic mass is 32.1. The number of carbonyl (C=O) groups excluding carboxylic acids is 1. The molecule has 1 N–H and O–H groups in total. The van der Waals surface area contributed by atoms with Gasteiger partial charge in [-0.15, -0.1) is 0 Å². The van der Waals surface area contributed by atoms with Gasteiger partial charge in [-0.25, -0.2) is 4.79 Å². The van der Waals surface area contributed by atoms with Crippen LogP contribution in [0.3, 0.4) is 0 Å². The molecule has 5 nitrogen and oxygen atoms in total. The van der Waals surface area contributed by atoms with E-state index < -0.39 is 0 Å². The highest BCUT2D eigenvalue weighted by Crippen LogP contribution is 2.39. The van der Waals surface area contributed by atoms with Crippen LogP contribution in [0.15, 0.2) is 35.0 Å². The van der Waals surface area contributed by atoms with Gasteiger partial charge in [-0.1, -0.05) is 12.1 Å². The second kappa shape index (κ2) is 7.57. The molecule has 128 valence electrons. The predicted molar refractivity (Wildman–Crippen MR) is 95.0 cm³/mol. The zero-order chi connectivity index (χ0) is 16.9. The number of nitrogens with zero attached hydrogens (tertiary/aromatic N) is 1. The molecular formula is C18H22N2O3S. The molecule has 3 rings (SSSR count). The molecule has 0 bridgehead atoms. The molecule has 0 saturated carbocycles. The van der Waals surface area contributed by atoms with Crippen molar-refractivity contribution in [1.29, 1.82) is 0 Å². The summed E-state index contributed by atoms with van der Waals surface area (Å²) in [6.45, 7) is 2.02. The van der Waals surface area contributed by atoms with Gasteiger partial charge >= 0.3 is 6.03 Å². The van der Waals surface area contributed by atoms with Gasteiger partial charge in [-0.2, -0.15) is 11.3 Å². The Morgan fingerprint density at radius 3 is 2.92 bits per heavy atom. The Balaban J connectivity index is 1.64. The first-order valence-corrected chi connectivity index (χ1v) is 8.92. The number of para-hydroxylation sites is 1. The maximum atomic E-state index is 12.4. The quantitative estimate of drug-likeness (QED) is 0.902. The molecule has 1 fully saturated rings. The number of thiophene rings is 1. The molecular weight excluding hydrogens is 324 g/mol. The van der Waals surface area contributed by atoms with Crippen LogP contribution >= 0.6 is 11.3 Å². The molecule has 1 aliphatic heterocycles. The average Bonchev–Trinajstić information content (AvgIpc) is 3.30. The fourth-order valence-corrected chi connectivity index (χ4v) is 3.78. The number of likely N-dealkylation sites (tertiary alicyclic amines) is 1. The van der Waals surface area contributed by atoms with Gasteiger partial charge < -0.3 is 19.7 Å². The molecule has 1 aliphatic rings. The molecule has 6 heteroatoms. The summed E-state index contributed by atoms with van der Waals surface area (Å²) in [5, 5.41) is 7.05. The Kier molecular flexibility index (Phi) is 5.25.